The number of hydrogen-bond donors (Lipinski definition) is 1. The van der Waals surface area contributed by atoms with E-state index in [0.717, 1.165) is 12.0 Å². The summed E-state index contributed by atoms with van der Waals surface area (Å²) in [5, 5.41) is 3.54. The Hall–Kier alpha value is -0.120. The average Bonchev–Trinajstić information content (AvgIpc) is 2.19. The lowest BCUT2D eigenvalue weighted by Gasteiger charge is -2.41. The molecule has 0 aromatic heterocycles. The van der Waals surface area contributed by atoms with E-state index < -0.39 is 0 Å². The molecule has 0 aromatic rings. The topological polar surface area (TPSA) is 18.5 Å². The molecular weight excluding hydrogens is 174 g/mol. The number of nitrogens with zero attached hydrogens (tertiary/aromatic N) is 2. The lowest BCUT2D eigenvalue weighted by molar-refractivity contribution is 0.0868. The first kappa shape index (κ1) is 10.4. The lowest BCUT2D eigenvalue weighted by atomic mass is 9.96. The van der Waals surface area contributed by atoms with E-state index in [0.29, 0.717) is 0 Å². The minimum Gasteiger partial charge on any atom is -0.315 e. The Kier molecular flexibility index (Phi) is 3.42. The van der Waals surface area contributed by atoms with E-state index in [1.165, 1.54) is 45.7 Å². The summed E-state index contributed by atoms with van der Waals surface area (Å²) >= 11 is 0. The minimum absolute atomic E-state index is 0.799. The molecule has 2 aliphatic rings. The number of hydrogen-bond acceptors (Lipinski definition) is 3. The van der Waals surface area contributed by atoms with Crippen LogP contribution in [-0.2, 0) is 0 Å². The summed E-state index contributed by atoms with van der Waals surface area (Å²) in [6.45, 7) is 9.77. The van der Waals surface area contributed by atoms with Gasteiger partial charge in [-0.2, -0.15) is 0 Å². The molecule has 0 bridgehead atoms. The zero-order valence-electron chi connectivity index (χ0n) is 9.50. The number of likely N-dealkylation sites (N-methyl/N-ethyl adjacent to an activating group) is 1. The number of piperazine rings is 1. The van der Waals surface area contributed by atoms with Crippen molar-refractivity contribution < 1.29 is 0 Å². The summed E-state index contributed by atoms with van der Waals surface area (Å²) in [6, 6.07) is 0.799. The van der Waals surface area contributed by atoms with Gasteiger partial charge in [0.15, 0.2) is 0 Å². The van der Waals surface area contributed by atoms with Gasteiger partial charge in [0.05, 0.1) is 0 Å². The van der Waals surface area contributed by atoms with Gasteiger partial charge in [-0.15, -0.1) is 0 Å². The molecule has 2 heterocycles. The van der Waals surface area contributed by atoms with Crippen LogP contribution < -0.4 is 5.32 Å². The van der Waals surface area contributed by atoms with Crippen molar-refractivity contribution in [1.82, 2.24) is 15.1 Å². The highest BCUT2D eigenvalue weighted by molar-refractivity contribution is 4.84. The van der Waals surface area contributed by atoms with Gasteiger partial charge >= 0.3 is 0 Å². The largest absolute Gasteiger partial charge is 0.315 e. The van der Waals surface area contributed by atoms with E-state index in [-0.39, 0.29) is 0 Å². The Morgan fingerprint density at radius 3 is 2.43 bits per heavy atom. The van der Waals surface area contributed by atoms with E-state index >= 15 is 0 Å². The Bertz CT molecular complexity index is 175. The molecule has 0 saturated carbocycles. The summed E-state index contributed by atoms with van der Waals surface area (Å²) in [5.74, 6) is 0.855. The lowest BCUT2D eigenvalue weighted by Crippen LogP contribution is -2.54. The first-order chi connectivity index (χ1) is 6.75. The van der Waals surface area contributed by atoms with Crippen LogP contribution in [0.3, 0.4) is 0 Å². The van der Waals surface area contributed by atoms with E-state index in [4.69, 9.17) is 0 Å². The van der Waals surface area contributed by atoms with Gasteiger partial charge in [-0.3, -0.25) is 4.90 Å². The normalized spacial score (nSPS) is 37.3. The molecule has 2 aliphatic heterocycles. The zero-order chi connectivity index (χ0) is 9.97. The molecule has 2 rings (SSSR count). The van der Waals surface area contributed by atoms with E-state index in [1.54, 1.807) is 0 Å². The van der Waals surface area contributed by atoms with E-state index in [1.807, 2.05) is 0 Å². The number of piperidine rings is 1. The van der Waals surface area contributed by atoms with Crippen LogP contribution in [0.5, 0.6) is 0 Å². The second-order valence-electron chi connectivity index (χ2n) is 4.99. The quantitative estimate of drug-likeness (QED) is 0.649. The van der Waals surface area contributed by atoms with E-state index in [9.17, 15) is 0 Å². The van der Waals surface area contributed by atoms with Crippen LogP contribution in [0.2, 0.25) is 0 Å². The molecule has 14 heavy (non-hydrogen) atoms. The molecule has 0 amide bonds. The fraction of sp³-hybridized carbons (Fsp3) is 1.00. The van der Waals surface area contributed by atoms with Gasteiger partial charge < -0.3 is 10.2 Å². The van der Waals surface area contributed by atoms with Crippen LogP contribution in [-0.4, -0.2) is 62.2 Å². The van der Waals surface area contributed by atoms with Gasteiger partial charge in [0.2, 0.25) is 0 Å². The standard InChI is InChI=1S/C11H23N3/c1-10-7-11(9-12-8-10)14-5-3-13(2)4-6-14/h10-12H,3-9H2,1-2H3. The van der Waals surface area contributed by atoms with Crippen molar-refractivity contribution in [3.8, 4) is 0 Å². The van der Waals surface area contributed by atoms with Gasteiger partial charge in [0, 0.05) is 38.8 Å². The van der Waals surface area contributed by atoms with Crippen LogP contribution in [0, 0.1) is 5.92 Å². The maximum absolute atomic E-state index is 3.54. The molecule has 3 heteroatoms. The Balaban J connectivity index is 1.82. The summed E-state index contributed by atoms with van der Waals surface area (Å²) in [4.78, 5) is 5.10. The van der Waals surface area contributed by atoms with Gasteiger partial charge in [-0.25, -0.2) is 0 Å². The first-order valence-corrected chi connectivity index (χ1v) is 5.89. The molecule has 2 fully saturated rings. The van der Waals surface area contributed by atoms with Crippen molar-refractivity contribution in [1.29, 1.82) is 0 Å². The highest BCUT2D eigenvalue weighted by Crippen LogP contribution is 2.16. The Morgan fingerprint density at radius 1 is 1.07 bits per heavy atom. The average molecular weight is 197 g/mol. The maximum Gasteiger partial charge on any atom is 0.0224 e. The van der Waals surface area contributed by atoms with E-state index in [2.05, 4.69) is 29.1 Å². The summed E-state index contributed by atoms with van der Waals surface area (Å²) in [6.07, 6.45) is 1.39. The van der Waals surface area contributed by atoms with Gasteiger partial charge in [0.1, 0.15) is 0 Å². The zero-order valence-corrected chi connectivity index (χ0v) is 9.50. The Labute approximate surface area is 87.4 Å². The minimum atomic E-state index is 0.799. The maximum atomic E-state index is 3.54. The molecule has 2 unspecified atom stereocenters. The van der Waals surface area contributed by atoms with Gasteiger partial charge in [0.25, 0.3) is 0 Å². The van der Waals surface area contributed by atoms with Crippen molar-refractivity contribution in [3.05, 3.63) is 0 Å². The second-order valence-corrected chi connectivity index (χ2v) is 4.99. The van der Waals surface area contributed by atoms with Crippen molar-refractivity contribution in [2.75, 3.05) is 46.3 Å². The third-order valence-corrected chi connectivity index (χ3v) is 3.60. The monoisotopic (exact) mass is 197 g/mol. The summed E-state index contributed by atoms with van der Waals surface area (Å²) < 4.78 is 0. The molecule has 3 nitrogen and oxygen atoms in total. The number of rotatable bonds is 1. The highest BCUT2D eigenvalue weighted by atomic mass is 15.3. The molecule has 0 aliphatic carbocycles. The van der Waals surface area contributed by atoms with Crippen LogP contribution >= 0.6 is 0 Å². The smallest absolute Gasteiger partial charge is 0.0224 e. The molecule has 0 radical (unpaired) electrons. The fourth-order valence-electron chi connectivity index (χ4n) is 2.59. The van der Waals surface area contributed by atoms with Crippen molar-refractivity contribution >= 4 is 0 Å². The third kappa shape index (κ3) is 2.47. The summed E-state index contributed by atoms with van der Waals surface area (Å²) in [5.41, 5.74) is 0. The van der Waals surface area contributed by atoms with Crippen molar-refractivity contribution in [2.24, 2.45) is 5.92 Å². The molecule has 2 atom stereocenters. The van der Waals surface area contributed by atoms with Gasteiger partial charge in [-0.05, 0) is 25.9 Å². The fourth-order valence-corrected chi connectivity index (χ4v) is 2.59. The van der Waals surface area contributed by atoms with Crippen LogP contribution in [0.4, 0.5) is 0 Å². The molecule has 1 N–H and O–H groups in total. The second kappa shape index (κ2) is 4.60. The van der Waals surface area contributed by atoms with Crippen LogP contribution in [0.25, 0.3) is 0 Å². The molecular formula is C11H23N3. The third-order valence-electron chi connectivity index (χ3n) is 3.60. The molecule has 0 aromatic carbocycles. The SMILES string of the molecule is CC1CNCC(N2CCN(C)CC2)C1. The molecule has 2 saturated heterocycles. The first-order valence-electron chi connectivity index (χ1n) is 5.89. The Morgan fingerprint density at radius 2 is 1.79 bits per heavy atom. The summed E-state index contributed by atoms with van der Waals surface area (Å²) in [7, 11) is 2.22. The molecule has 0 spiro atoms. The van der Waals surface area contributed by atoms with Crippen molar-refractivity contribution in [3.63, 3.8) is 0 Å². The van der Waals surface area contributed by atoms with Gasteiger partial charge in [-0.1, -0.05) is 6.92 Å². The van der Waals surface area contributed by atoms with Crippen molar-refractivity contribution in [2.45, 2.75) is 19.4 Å². The van der Waals surface area contributed by atoms with Crippen LogP contribution in [0.1, 0.15) is 13.3 Å². The number of nitrogens with one attached hydrogen (secondary N) is 1. The predicted molar refractivity (Wildman–Crippen MR) is 59.5 cm³/mol. The van der Waals surface area contributed by atoms with Crippen LogP contribution in [0.15, 0.2) is 0 Å². The highest BCUT2D eigenvalue weighted by Gasteiger charge is 2.26. The molecule has 82 valence electrons. The predicted octanol–water partition coefficient (Wildman–Crippen LogP) is 0.232.